The average Bonchev–Trinajstić information content (AvgIpc) is 2.85. The molecule has 0 aromatic carbocycles. The van der Waals surface area contributed by atoms with Crippen LogP contribution in [0.3, 0.4) is 0 Å². The van der Waals surface area contributed by atoms with Gasteiger partial charge in [0.25, 0.3) is 0 Å². The Morgan fingerprint density at radius 1 is 1.32 bits per heavy atom. The smallest absolute Gasteiger partial charge is 0.104 e. The van der Waals surface area contributed by atoms with Gasteiger partial charge in [-0.15, -0.1) is 5.10 Å². The van der Waals surface area contributed by atoms with E-state index in [1.807, 2.05) is 24.1 Å². The van der Waals surface area contributed by atoms with E-state index in [9.17, 15) is 0 Å². The van der Waals surface area contributed by atoms with Gasteiger partial charge in [-0.3, -0.25) is 9.36 Å². The Morgan fingerprint density at radius 3 is 2.63 bits per heavy atom. The largest absolute Gasteiger partial charge is 0.308 e. The molecule has 0 amide bonds. The molecule has 2 aromatic rings. The van der Waals surface area contributed by atoms with E-state index in [4.69, 9.17) is 0 Å². The summed E-state index contributed by atoms with van der Waals surface area (Å²) < 4.78 is 3.67. The highest BCUT2D eigenvalue weighted by Gasteiger charge is 2.12. The lowest BCUT2D eigenvalue weighted by Gasteiger charge is -2.20. The molecule has 2 aromatic heterocycles. The number of rotatable bonds is 4. The number of aromatic nitrogens is 5. The van der Waals surface area contributed by atoms with Gasteiger partial charge in [-0.1, -0.05) is 5.21 Å². The Bertz CT molecular complexity index is 546. The van der Waals surface area contributed by atoms with E-state index in [0.29, 0.717) is 6.54 Å². The van der Waals surface area contributed by atoms with Crippen molar-refractivity contribution in [3.63, 3.8) is 0 Å². The van der Waals surface area contributed by atoms with Crippen LogP contribution in [0.4, 0.5) is 0 Å². The van der Waals surface area contributed by atoms with E-state index in [-0.39, 0.29) is 5.54 Å². The fourth-order valence-electron chi connectivity index (χ4n) is 1.80. The second-order valence-electron chi connectivity index (χ2n) is 5.90. The highest BCUT2D eigenvalue weighted by molar-refractivity contribution is 5.17. The minimum absolute atomic E-state index is 0.111. The Hall–Kier alpha value is -1.69. The van der Waals surface area contributed by atoms with Crippen molar-refractivity contribution in [2.75, 3.05) is 0 Å². The molecule has 0 aliphatic carbocycles. The van der Waals surface area contributed by atoms with E-state index in [1.165, 1.54) is 11.3 Å². The predicted octanol–water partition coefficient (Wildman–Crippen LogP) is 1.26. The molecule has 6 heteroatoms. The lowest BCUT2D eigenvalue weighted by atomic mass is 10.1. The van der Waals surface area contributed by atoms with E-state index in [0.717, 1.165) is 12.2 Å². The minimum atomic E-state index is 0.111. The molecule has 1 N–H and O–H groups in total. The topological polar surface area (TPSA) is 60.6 Å². The first-order valence-electron chi connectivity index (χ1n) is 6.47. The van der Waals surface area contributed by atoms with Crippen LogP contribution in [-0.4, -0.2) is 30.3 Å². The molecule has 0 fully saturated rings. The molecule has 0 atom stereocenters. The van der Waals surface area contributed by atoms with Crippen LogP contribution in [0.5, 0.6) is 0 Å². The maximum atomic E-state index is 4.42. The molecule has 0 aliphatic rings. The van der Waals surface area contributed by atoms with Gasteiger partial charge in [-0.2, -0.15) is 5.10 Å². The molecule has 6 nitrogen and oxygen atoms in total. The van der Waals surface area contributed by atoms with E-state index >= 15 is 0 Å². The summed E-state index contributed by atoms with van der Waals surface area (Å²) in [6.45, 7) is 10.1. The second-order valence-corrected chi connectivity index (χ2v) is 5.90. The third-order valence-electron chi connectivity index (χ3n) is 2.98. The molecule has 0 aliphatic heterocycles. The maximum absolute atomic E-state index is 4.42. The fourth-order valence-corrected chi connectivity index (χ4v) is 1.80. The van der Waals surface area contributed by atoms with Crippen LogP contribution in [0.1, 0.15) is 37.7 Å². The number of hydrogen-bond donors (Lipinski definition) is 1. The number of hydrogen-bond acceptors (Lipinski definition) is 4. The van der Waals surface area contributed by atoms with Gasteiger partial charge >= 0.3 is 0 Å². The first-order chi connectivity index (χ1) is 8.85. The minimum Gasteiger partial charge on any atom is -0.308 e. The van der Waals surface area contributed by atoms with Crippen LogP contribution < -0.4 is 5.32 Å². The molecular weight excluding hydrogens is 240 g/mol. The second kappa shape index (κ2) is 5.13. The van der Waals surface area contributed by atoms with Crippen LogP contribution >= 0.6 is 0 Å². The standard InChI is InChI=1S/C13H22N6/c1-10-11(6-14-13(2,3)4)7-15-19(10)9-12-8-18(5)17-16-12/h7-8,14H,6,9H2,1-5H3. The van der Waals surface area contributed by atoms with Crippen molar-refractivity contribution < 1.29 is 0 Å². The molecule has 2 rings (SSSR count). The van der Waals surface area contributed by atoms with E-state index < -0.39 is 0 Å². The van der Waals surface area contributed by atoms with Gasteiger partial charge in [0, 0.05) is 36.6 Å². The summed E-state index contributed by atoms with van der Waals surface area (Å²) in [5.74, 6) is 0. The molecule has 0 saturated heterocycles. The van der Waals surface area contributed by atoms with E-state index in [1.54, 1.807) is 4.68 Å². The fraction of sp³-hybridized carbons (Fsp3) is 0.615. The van der Waals surface area contributed by atoms with Crippen molar-refractivity contribution in [3.8, 4) is 0 Å². The zero-order valence-electron chi connectivity index (χ0n) is 12.3. The van der Waals surface area contributed by atoms with Gasteiger partial charge in [0.15, 0.2) is 0 Å². The van der Waals surface area contributed by atoms with Crippen LogP contribution in [0.25, 0.3) is 0 Å². The maximum Gasteiger partial charge on any atom is 0.104 e. The first kappa shape index (κ1) is 13.7. The van der Waals surface area contributed by atoms with Gasteiger partial charge in [0.1, 0.15) is 5.69 Å². The van der Waals surface area contributed by atoms with Gasteiger partial charge in [0.05, 0.1) is 12.7 Å². The summed E-state index contributed by atoms with van der Waals surface area (Å²) in [5.41, 5.74) is 3.42. The number of aryl methyl sites for hydroxylation is 1. The van der Waals surface area contributed by atoms with Crippen LogP contribution in [-0.2, 0) is 20.1 Å². The summed E-state index contributed by atoms with van der Waals surface area (Å²) in [4.78, 5) is 0. The normalized spacial score (nSPS) is 12.1. The molecule has 0 unspecified atom stereocenters. The Balaban J connectivity index is 2.05. The molecule has 19 heavy (non-hydrogen) atoms. The van der Waals surface area contributed by atoms with Crippen molar-refractivity contribution in [1.82, 2.24) is 30.1 Å². The summed E-state index contributed by atoms with van der Waals surface area (Å²) in [6.07, 6.45) is 3.83. The van der Waals surface area contributed by atoms with Gasteiger partial charge in [-0.05, 0) is 27.7 Å². The van der Waals surface area contributed by atoms with Crippen LogP contribution in [0.2, 0.25) is 0 Å². The Kier molecular flexibility index (Phi) is 3.71. The summed E-state index contributed by atoms with van der Waals surface area (Å²) >= 11 is 0. The Labute approximate surface area is 113 Å². The summed E-state index contributed by atoms with van der Waals surface area (Å²) in [6, 6.07) is 0. The Morgan fingerprint density at radius 2 is 2.05 bits per heavy atom. The van der Waals surface area contributed by atoms with Gasteiger partial charge in [-0.25, -0.2) is 0 Å². The molecular formula is C13H22N6. The van der Waals surface area contributed by atoms with E-state index in [2.05, 4.69) is 48.4 Å². The van der Waals surface area contributed by atoms with Gasteiger partial charge < -0.3 is 5.32 Å². The number of nitrogens with one attached hydrogen (secondary N) is 1. The zero-order chi connectivity index (χ0) is 14.0. The van der Waals surface area contributed by atoms with Crippen LogP contribution in [0.15, 0.2) is 12.4 Å². The van der Waals surface area contributed by atoms with Crippen molar-refractivity contribution in [1.29, 1.82) is 0 Å². The van der Waals surface area contributed by atoms with Crippen molar-refractivity contribution in [2.24, 2.45) is 7.05 Å². The molecule has 104 valence electrons. The highest BCUT2D eigenvalue weighted by Crippen LogP contribution is 2.10. The lowest BCUT2D eigenvalue weighted by Crippen LogP contribution is -2.35. The zero-order valence-corrected chi connectivity index (χ0v) is 12.3. The van der Waals surface area contributed by atoms with Crippen molar-refractivity contribution >= 4 is 0 Å². The van der Waals surface area contributed by atoms with Crippen molar-refractivity contribution in [2.45, 2.75) is 46.3 Å². The third-order valence-corrected chi connectivity index (χ3v) is 2.98. The summed E-state index contributed by atoms with van der Waals surface area (Å²) in [5, 5.41) is 15.9. The predicted molar refractivity (Wildman–Crippen MR) is 73.7 cm³/mol. The highest BCUT2D eigenvalue weighted by atomic mass is 15.4. The average molecular weight is 262 g/mol. The monoisotopic (exact) mass is 262 g/mol. The van der Waals surface area contributed by atoms with Gasteiger partial charge in [0.2, 0.25) is 0 Å². The first-order valence-corrected chi connectivity index (χ1v) is 6.47. The molecule has 0 bridgehead atoms. The lowest BCUT2D eigenvalue weighted by molar-refractivity contribution is 0.423. The molecule has 2 heterocycles. The number of nitrogens with zero attached hydrogens (tertiary/aromatic N) is 5. The van der Waals surface area contributed by atoms with Crippen LogP contribution in [0, 0.1) is 6.92 Å². The molecule has 0 saturated carbocycles. The summed E-state index contributed by atoms with van der Waals surface area (Å²) in [7, 11) is 1.87. The van der Waals surface area contributed by atoms with Crippen molar-refractivity contribution in [3.05, 3.63) is 29.3 Å². The molecule has 0 spiro atoms. The SMILES string of the molecule is Cc1c(CNC(C)(C)C)cnn1Cc1cn(C)nn1. The quantitative estimate of drug-likeness (QED) is 0.901. The molecule has 0 radical (unpaired) electrons. The third kappa shape index (κ3) is 3.64.